The minimum absolute atomic E-state index is 0.107. The van der Waals surface area contributed by atoms with Crippen LogP contribution in [0.2, 0.25) is 0 Å². The molecular weight excluding hydrogens is 500 g/mol. The molecule has 0 aliphatic rings. The first-order valence-electron chi connectivity index (χ1n) is 11.3. The third-order valence-corrected chi connectivity index (χ3v) is 6.70. The monoisotopic (exact) mass is 523 g/mol. The number of aromatic nitrogens is 2. The molecule has 0 aliphatic heterocycles. The first-order valence-corrected chi connectivity index (χ1v) is 12.1. The van der Waals surface area contributed by atoms with E-state index in [1.807, 2.05) is 30.3 Å². The van der Waals surface area contributed by atoms with Crippen molar-refractivity contribution in [1.29, 1.82) is 0 Å². The first-order chi connectivity index (χ1) is 17.8. The van der Waals surface area contributed by atoms with Gasteiger partial charge >= 0.3 is 5.97 Å². The summed E-state index contributed by atoms with van der Waals surface area (Å²) in [6.07, 6.45) is 1.24. The van der Waals surface area contributed by atoms with Crippen LogP contribution < -0.4 is 9.64 Å². The zero-order valence-corrected chi connectivity index (χ0v) is 20.8. The van der Waals surface area contributed by atoms with Crippen molar-refractivity contribution in [3.05, 3.63) is 83.4 Å². The first kappa shape index (κ1) is 25.9. The summed E-state index contributed by atoms with van der Waals surface area (Å²) in [5.74, 6) is -3.80. The molecule has 0 radical (unpaired) electrons. The molecule has 0 fully saturated rings. The number of carboxylic acids is 1. The van der Waals surface area contributed by atoms with Gasteiger partial charge in [0, 0.05) is 35.3 Å². The van der Waals surface area contributed by atoms with Crippen molar-refractivity contribution in [3.8, 4) is 28.3 Å². The van der Waals surface area contributed by atoms with Crippen LogP contribution in [0.5, 0.6) is 5.88 Å². The van der Waals surface area contributed by atoms with Gasteiger partial charge in [-0.25, -0.2) is 18.7 Å². The highest BCUT2D eigenvalue weighted by Crippen LogP contribution is 2.37. The largest absolute Gasteiger partial charge is 0.481 e. The van der Waals surface area contributed by atoms with Crippen molar-refractivity contribution in [2.24, 2.45) is 5.92 Å². The van der Waals surface area contributed by atoms with Crippen molar-refractivity contribution in [2.45, 2.75) is 12.8 Å². The van der Waals surface area contributed by atoms with Gasteiger partial charge < -0.3 is 9.84 Å². The highest BCUT2D eigenvalue weighted by atomic mass is 32.1. The SMILES string of the molecule is COc1ncc(-c2c(F)cccc2-c2csc(N(C)C(=O)C(CC(=O)O)Cc3ccccc3)n2)cc1F. The molecule has 0 saturated heterocycles. The maximum absolute atomic E-state index is 14.9. The van der Waals surface area contributed by atoms with Crippen LogP contribution in [-0.4, -0.2) is 41.1 Å². The Bertz CT molecular complexity index is 1430. The predicted octanol–water partition coefficient (Wildman–Crippen LogP) is 5.46. The molecule has 1 atom stereocenters. The Balaban J connectivity index is 1.64. The molecule has 4 aromatic rings. The predicted molar refractivity (Wildman–Crippen MR) is 137 cm³/mol. The lowest BCUT2D eigenvalue weighted by molar-refractivity contribution is -0.140. The molecule has 0 bridgehead atoms. The molecular formula is C27H23F2N3O4S. The van der Waals surface area contributed by atoms with Crippen LogP contribution in [0, 0.1) is 17.6 Å². The molecule has 4 rings (SSSR count). The summed E-state index contributed by atoms with van der Waals surface area (Å²) in [6.45, 7) is 0. The van der Waals surface area contributed by atoms with E-state index in [9.17, 15) is 23.5 Å². The van der Waals surface area contributed by atoms with E-state index in [1.54, 1.807) is 11.4 Å². The summed E-state index contributed by atoms with van der Waals surface area (Å²) in [7, 11) is 2.81. The number of carboxylic acid groups (broad SMARTS) is 1. The van der Waals surface area contributed by atoms with Crippen LogP contribution in [0.15, 0.2) is 66.2 Å². The van der Waals surface area contributed by atoms with Crippen LogP contribution in [0.1, 0.15) is 12.0 Å². The van der Waals surface area contributed by atoms with Crippen LogP contribution in [0.3, 0.4) is 0 Å². The van der Waals surface area contributed by atoms with E-state index in [2.05, 4.69) is 9.97 Å². The fourth-order valence-corrected chi connectivity index (χ4v) is 4.81. The van der Waals surface area contributed by atoms with Crippen LogP contribution in [0.25, 0.3) is 22.4 Å². The molecule has 37 heavy (non-hydrogen) atoms. The lowest BCUT2D eigenvalue weighted by Crippen LogP contribution is -2.35. The molecule has 2 heterocycles. The summed E-state index contributed by atoms with van der Waals surface area (Å²) in [4.78, 5) is 34.5. The number of methoxy groups -OCH3 is 1. The number of aliphatic carboxylic acids is 1. The molecule has 1 unspecified atom stereocenters. The fourth-order valence-electron chi connectivity index (χ4n) is 4.01. The lowest BCUT2D eigenvalue weighted by Gasteiger charge is -2.21. The van der Waals surface area contributed by atoms with Gasteiger partial charge in [0.1, 0.15) is 5.82 Å². The number of hydrogen-bond donors (Lipinski definition) is 1. The molecule has 1 N–H and O–H groups in total. The van der Waals surface area contributed by atoms with E-state index in [0.717, 1.165) is 23.0 Å². The Morgan fingerprint density at radius 2 is 1.86 bits per heavy atom. The fraction of sp³-hybridized carbons (Fsp3) is 0.185. The number of carbonyl (C=O) groups excluding carboxylic acids is 1. The molecule has 10 heteroatoms. The number of hydrogen-bond acceptors (Lipinski definition) is 6. The summed E-state index contributed by atoms with van der Waals surface area (Å²) in [5.41, 5.74) is 1.93. The zero-order valence-electron chi connectivity index (χ0n) is 20.0. The van der Waals surface area contributed by atoms with Crippen LogP contribution in [-0.2, 0) is 16.0 Å². The molecule has 190 valence electrons. The standard InChI is InChI=1S/C27H23F2N3O4S/c1-32(26(35)17(13-23(33)34)11-16-7-4-3-5-8-16)27-31-22(15-37-27)19-9-6-10-20(28)24(19)18-12-21(29)25(36-2)30-14-18/h3-10,12,14-15,17H,11,13H2,1-2H3,(H,33,34). The van der Waals surface area contributed by atoms with Crippen LogP contribution >= 0.6 is 11.3 Å². The highest BCUT2D eigenvalue weighted by molar-refractivity contribution is 7.14. The van der Waals surface area contributed by atoms with Gasteiger partial charge in [0.15, 0.2) is 10.9 Å². The molecule has 0 saturated carbocycles. The topological polar surface area (TPSA) is 92.6 Å². The van der Waals surface area contributed by atoms with E-state index >= 15 is 0 Å². The number of carbonyl (C=O) groups is 2. The highest BCUT2D eigenvalue weighted by Gasteiger charge is 2.28. The van der Waals surface area contributed by atoms with E-state index < -0.39 is 29.4 Å². The number of rotatable bonds is 9. The average Bonchev–Trinajstić information content (AvgIpc) is 3.38. The third kappa shape index (κ3) is 5.80. The van der Waals surface area contributed by atoms with Gasteiger partial charge in [-0.05, 0) is 24.1 Å². The lowest BCUT2D eigenvalue weighted by atomic mass is 9.95. The normalized spacial score (nSPS) is 11.7. The Kier molecular flexibility index (Phi) is 7.88. The maximum atomic E-state index is 14.9. The second-order valence-electron chi connectivity index (χ2n) is 8.27. The van der Waals surface area contributed by atoms with Gasteiger partial charge in [0.2, 0.25) is 11.8 Å². The van der Waals surface area contributed by atoms with Crippen molar-refractivity contribution in [2.75, 3.05) is 19.1 Å². The number of nitrogens with zero attached hydrogens (tertiary/aromatic N) is 3. The molecule has 2 aromatic carbocycles. The number of benzene rings is 2. The van der Waals surface area contributed by atoms with Gasteiger partial charge in [-0.3, -0.25) is 14.5 Å². The minimum atomic E-state index is -1.08. The van der Waals surface area contributed by atoms with Gasteiger partial charge in [-0.2, -0.15) is 0 Å². The van der Waals surface area contributed by atoms with E-state index in [0.29, 0.717) is 16.4 Å². The Labute approximate surface area is 216 Å². The van der Waals surface area contributed by atoms with Crippen molar-refractivity contribution < 1.29 is 28.2 Å². The average molecular weight is 524 g/mol. The van der Waals surface area contributed by atoms with Crippen LogP contribution in [0.4, 0.5) is 13.9 Å². The second-order valence-corrected chi connectivity index (χ2v) is 9.11. The second kappa shape index (κ2) is 11.3. The van der Waals surface area contributed by atoms with Gasteiger partial charge in [0.05, 0.1) is 25.1 Å². The summed E-state index contributed by atoms with van der Waals surface area (Å²) in [6, 6.07) is 14.7. The molecule has 2 aromatic heterocycles. The van der Waals surface area contributed by atoms with Crippen molar-refractivity contribution in [1.82, 2.24) is 9.97 Å². The summed E-state index contributed by atoms with van der Waals surface area (Å²) >= 11 is 1.16. The minimum Gasteiger partial charge on any atom is -0.481 e. The number of thiazole rings is 1. The number of anilines is 1. The maximum Gasteiger partial charge on any atom is 0.304 e. The van der Waals surface area contributed by atoms with Crippen molar-refractivity contribution >= 4 is 28.3 Å². The molecule has 0 spiro atoms. The Morgan fingerprint density at radius 1 is 1.11 bits per heavy atom. The van der Waals surface area contributed by atoms with Gasteiger partial charge in [-0.1, -0.05) is 42.5 Å². The smallest absolute Gasteiger partial charge is 0.304 e. The van der Waals surface area contributed by atoms with Gasteiger partial charge in [0.25, 0.3) is 0 Å². The third-order valence-electron chi connectivity index (χ3n) is 5.78. The summed E-state index contributed by atoms with van der Waals surface area (Å²) < 4.78 is 34.1. The number of amides is 1. The molecule has 7 nitrogen and oxygen atoms in total. The number of halogens is 2. The van der Waals surface area contributed by atoms with E-state index in [-0.39, 0.29) is 29.8 Å². The van der Waals surface area contributed by atoms with E-state index in [1.165, 1.54) is 37.4 Å². The Morgan fingerprint density at radius 3 is 2.54 bits per heavy atom. The quantitative estimate of drug-likeness (QED) is 0.313. The molecule has 0 aliphatic carbocycles. The number of pyridine rings is 1. The van der Waals surface area contributed by atoms with E-state index in [4.69, 9.17) is 4.74 Å². The summed E-state index contributed by atoms with van der Waals surface area (Å²) in [5, 5.41) is 11.4. The van der Waals surface area contributed by atoms with Gasteiger partial charge in [-0.15, -0.1) is 11.3 Å². The zero-order chi connectivity index (χ0) is 26.5. The molecule has 1 amide bonds. The number of ether oxygens (including phenoxy) is 1. The Hall–Kier alpha value is -4.18. The van der Waals surface area contributed by atoms with Crippen molar-refractivity contribution in [3.63, 3.8) is 0 Å².